The van der Waals surface area contributed by atoms with Gasteiger partial charge in [0, 0.05) is 39.3 Å². The summed E-state index contributed by atoms with van der Waals surface area (Å²) in [4.78, 5) is 0. The molecular weight excluding hydrogens is 237 g/mol. The molecule has 0 aliphatic carbocycles. The van der Waals surface area contributed by atoms with Crippen LogP contribution in [0, 0.1) is 5.82 Å². The number of aromatic hydroxyl groups is 1. The van der Waals surface area contributed by atoms with Gasteiger partial charge in [-0.2, -0.15) is 0 Å². The van der Waals surface area contributed by atoms with Crippen molar-refractivity contribution in [2.24, 2.45) is 0 Å². The lowest BCUT2D eigenvalue weighted by Crippen LogP contribution is -2.42. The van der Waals surface area contributed by atoms with Gasteiger partial charge in [0.2, 0.25) is 0 Å². The summed E-state index contributed by atoms with van der Waals surface area (Å²) >= 11 is 0. The Hall–Kier alpha value is -1.17. The molecule has 18 heavy (non-hydrogen) atoms. The molecule has 1 aromatic carbocycles. The van der Waals surface area contributed by atoms with E-state index in [9.17, 15) is 9.50 Å². The Bertz CT molecular complexity index is 385. The second-order valence-electron chi connectivity index (χ2n) is 4.61. The van der Waals surface area contributed by atoms with Crippen LogP contribution in [0.15, 0.2) is 18.2 Å². The van der Waals surface area contributed by atoms with Crippen molar-refractivity contribution in [2.45, 2.75) is 18.6 Å². The maximum atomic E-state index is 13.1. The fraction of sp³-hybridized carbons (Fsp3) is 0.538. The summed E-state index contributed by atoms with van der Waals surface area (Å²) in [6, 6.07) is 4.03. The molecule has 100 valence electrons. The highest BCUT2D eigenvalue weighted by Crippen LogP contribution is 2.21. The zero-order chi connectivity index (χ0) is 13.0. The van der Waals surface area contributed by atoms with Crippen molar-refractivity contribution < 1.29 is 19.0 Å². The van der Waals surface area contributed by atoms with Gasteiger partial charge in [-0.05, 0) is 17.7 Å². The van der Waals surface area contributed by atoms with Crippen LogP contribution in [-0.4, -0.2) is 37.6 Å². The highest BCUT2D eigenvalue weighted by molar-refractivity contribution is 5.28. The van der Waals surface area contributed by atoms with Crippen LogP contribution in [0.1, 0.15) is 12.0 Å². The normalized spacial score (nSPS) is 23.4. The third-order valence-corrected chi connectivity index (χ3v) is 3.22. The lowest BCUT2D eigenvalue weighted by Gasteiger charge is -2.26. The van der Waals surface area contributed by atoms with Gasteiger partial charge in [0.15, 0.2) is 0 Å². The number of halogens is 1. The van der Waals surface area contributed by atoms with E-state index in [2.05, 4.69) is 5.32 Å². The molecule has 1 unspecified atom stereocenters. The summed E-state index contributed by atoms with van der Waals surface area (Å²) in [5.74, 6) is -0.491. The number of nitrogens with one attached hydrogen (secondary N) is 1. The second-order valence-corrected chi connectivity index (χ2v) is 4.61. The smallest absolute Gasteiger partial charge is 0.127 e. The third-order valence-electron chi connectivity index (χ3n) is 3.22. The van der Waals surface area contributed by atoms with Gasteiger partial charge >= 0.3 is 0 Å². The zero-order valence-electron chi connectivity index (χ0n) is 10.4. The summed E-state index contributed by atoms with van der Waals surface area (Å²) in [6.07, 6.45) is 0.852. The van der Waals surface area contributed by atoms with E-state index >= 15 is 0 Å². The summed E-state index contributed by atoms with van der Waals surface area (Å²) in [5, 5.41) is 12.5. The molecule has 1 aliphatic heterocycles. The Balaban J connectivity index is 1.87. The second kappa shape index (κ2) is 5.65. The van der Waals surface area contributed by atoms with Crippen molar-refractivity contribution in [3.05, 3.63) is 29.6 Å². The molecule has 5 heteroatoms. The molecule has 1 saturated heterocycles. The number of rotatable bonds is 5. The molecule has 1 heterocycles. The summed E-state index contributed by atoms with van der Waals surface area (Å²) in [6.45, 7) is 2.40. The number of hydrogen-bond donors (Lipinski definition) is 2. The van der Waals surface area contributed by atoms with E-state index in [0.717, 1.165) is 12.5 Å². The van der Waals surface area contributed by atoms with Crippen molar-refractivity contribution in [1.29, 1.82) is 0 Å². The van der Waals surface area contributed by atoms with E-state index in [1.54, 1.807) is 13.2 Å². The first-order chi connectivity index (χ1) is 8.63. The molecule has 0 bridgehead atoms. The topological polar surface area (TPSA) is 50.7 Å². The van der Waals surface area contributed by atoms with Gasteiger partial charge in [0.25, 0.3) is 0 Å². The molecule has 4 nitrogen and oxygen atoms in total. The largest absolute Gasteiger partial charge is 0.508 e. The Morgan fingerprint density at radius 1 is 1.50 bits per heavy atom. The number of methoxy groups -OCH3 is 1. The molecule has 1 atom stereocenters. The fourth-order valence-electron chi connectivity index (χ4n) is 2.13. The van der Waals surface area contributed by atoms with Crippen LogP contribution in [0.25, 0.3) is 0 Å². The minimum absolute atomic E-state index is 0.0579. The number of benzene rings is 1. The number of phenols is 1. The molecule has 0 aromatic heterocycles. The van der Waals surface area contributed by atoms with Gasteiger partial charge < -0.3 is 19.9 Å². The Morgan fingerprint density at radius 2 is 2.33 bits per heavy atom. The van der Waals surface area contributed by atoms with Gasteiger partial charge in [-0.1, -0.05) is 0 Å². The average Bonchev–Trinajstić information content (AvgIpc) is 2.77. The Labute approximate surface area is 106 Å². The van der Waals surface area contributed by atoms with Gasteiger partial charge in [-0.15, -0.1) is 0 Å². The van der Waals surface area contributed by atoms with Crippen molar-refractivity contribution in [2.75, 3.05) is 26.9 Å². The van der Waals surface area contributed by atoms with E-state index in [0.29, 0.717) is 31.9 Å². The predicted octanol–water partition coefficient (Wildman–Crippen LogP) is 1.43. The van der Waals surface area contributed by atoms with E-state index in [4.69, 9.17) is 9.47 Å². The van der Waals surface area contributed by atoms with E-state index in [1.807, 2.05) is 0 Å². The average molecular weight is 255 g/mol. The zero-order valence-corrected chi connectivity index (χ0v) is 10.4. The van der Waals surface area contributed by atoms with Crippen LogP contribution in [0.3, 0.4) is 0 Å². The van der Waals surface area contributed by atoms with Crippen molar-refractivity contribution in [3.63, 3.8) is 0 Å². The first-order valence-electron chi connectivity index (χ1n) is 5.96. The van der Waals surface area contributed by atoms with E-state index in [-0.39, 0.29) is 11.4 Å². The maximum Gasteiger partial charge on any atom is 0.127 e. The molecule has 0 radical (unpaired) electrons. The van der Waals surface area contributed by atoms with E-state index < -0.39 is 5.82 Å². The van der Waals surface area contributed by atoms with Crippen LogP contribution in [0.2, 0.25) is 0 Å². The molecule has 0 saturated carbocycles. The first-order valence-corrected chi connectivity index (χ1v) is 5.96. The molecule has 2 rings (SSSR count). The standard InChI is InChI=1S/C13H18FNO3/c1-17-13(2-3-18-9-13)8-15-7-10-4-11(14)6-12(16)5-10/h4-6,15-16H,2-3,7-9H2,1H3. The van der Waals surface area contributed by atoms with Gasteiger partial charge in [0.05, 0.1) is 6.61 Å². The van der Waals surface area contributed by atoms with Gasteiger partial charge in [0.1, 0.15) is 17.2 Å². The minimum Gasteiger partial charge on any atom is -0.508 e. The number of ether oxygens (including phenoxy) is 2. The summed E-state index contributed by atoms with van der Waals surface area (Å²) < 4.78 is 23.9. The highest BCUT2D eigenvalue weighted by atomic mass is 19.1. The third kappa shape index (κ3) is 3.19. The summed E-state index contributed by atoms with van der Waals surface area (Å²) in [5.41, 5.74) is 0.424. The van der Waals surface area contributed by atoms with Gasteiger partial charge in [-0.3, -0.25) is 0 Å². The van der Waals surface area contributed by atoms with Crippen LogP contribution >= 0.6 is 0 Å². The Kier molecular flexibility index (Phi) is 4.16. The van der Waals surface area contributed by atoms with Crippen LogP contribution in [-0.2, 0) is 16.0 Å². The molecule has 1 aliphatic rings. The van der Waals surface area contributed by atoms with Gasteiger partial charge in [-0.25, -0.2) is 4.39 Å². The number of phenolic OH excluding ortho intramolecular Hbond substituents is 1. The molecule has 0 amide bonds. The monoisotopic (exact) mass is 255 g/mol. The fourth-order valence-corrected chi connectivity index (χ4v) is 2.13. The van der Waals surface area contributed by atoms with Crippen molar-refractivity contribution in [3.8, 4) is 5.75 Å². The van der Waals surface area contributed by atoms with Crippen LogP contribution < -0.4 is 5.32 Å². The molecule has 1 aromatic rings. The molecular formula is C13H18FNO3. The van der Waals surface area contributed by atoms with E-state index in [1.165, 1.54) is 6.07 Å². The number of hydrogen-bond acceptors (Lipinski definition) is 4. The quantitative estimate of drug-likeness (QED) is 0.835. The molecule has 0 spiro atoms. The minimum atomic E-state index is -0.433. The molecule has 1 fully saturated rings. The van der Waals surface area contributed by atoms with Crippen LogP contribution in [0.5, 0.6) is 5.75 Å². The van der Waals surface area contributed by atoms with Crippen molar-refractivity contribution >= 4 is 0 Å². The SMILES string of the molecule is COC1(CNCc2cc(O)cc(F)c2)CCOC1. The van der Waals surface area contributed by atoms with Crippen molar-refractivity contribution in [1.82, 2.24) is 5.32 Å². The Morgan fingerprint density at radius 3 is 2.94 bits per heavy atom. The summed E-state index contributed by atoms with van der Waals surface area (Å²) in [7, 11) is 1.67. The lowest BCUT2D eigenvalue weighted by atomic mass is 10.0. The maximum absolute atomic E-state index is 13.1. The highest BCUT2D eigenvalue weighted by Gasteiger charge is 2.34. The van der Waals surface area contributed by atoms with Crippen LogP contribution in [0.4, 0.5) is 4.39 Å². The predicted molar refractivity (Wildman–Crippen MR) is 64.9 cm³/mol. The first kappa shape index (κ1) is 13.3. The lowest BCUT2D eigenvalue weighted by molar-refractivity contribution is -0.0159. The molecule has 2 N–H and O–H groups in total.